The molecule has 0 unspecified atom stereocenters. The Bertz CT molecular complexity index is 473. The second-order valence-corrected chi connectivity index (χ2v) is 5.28. The number of hydrogen-bond donors (Lipinski definition) is 2. The molecule has 0 aromatic heterocycles. The van der Waals surface area contributed by atoms with Gasteiger partial charge < -0.3 is 15.7 Å². The molecule has 1 aromatic rings. The number of nitrogens with two attached hydrogens (primary N) is 1. The predicted octanol–water partition coefficient (Wildman–Crippen LogP) is 2.30. The van der Waals surface area contributed by atoms with E-state index in [1.54, 1.807) is 18.2 Å². The molecule has 3 N–H and O–H groups in total. The highest BCUT2D eigenvalue weighted by molar-refractivity contribution is 6.34. The minimum absolute atomic E-state index is 0.00475. The molecule has 1 fully saturated rings. The molecule has 0 bridgehead atoms. The molecular weight excluding hydrogens is 278 g/mol. The van der Waals surface area contributed by atoms with Crippen LogP contribution in [0.3, 0.4) is 0 Å². The van der Waals surface area contributed by atoms with Crippen LogP contribution in [-0.2, 0) is 0 Å². The van der Waals surface area contributed by atoms with Crippen molar-refractivity contribution >= 4 is 17.4 Å². The Morgan fingerprint density at radius 3 is 2.75 bits per heavy atom. The minimum atomic E-state index is -0.00475. The first-order chi connectivity index (χ1) is 9.70. The van der Waals surface area contributed by atoms with Gasteiger partial charge in [0.05, 0.1) is 5.02 Å². The van der Waals surface area contributed by atoms with E-state index in [0.717, 1.165) is 19.6 Å². The van der Waals surface area contributed by atoms with Gasteiger partial charge in [0.1, 0.15) is 12.4 Å². The summed E-state index contributed by atoms with van der Waals surface area (Å²) in [5.74, 6) is 0.691. The summed E-state index contributed by atoms with van der Waals surface area (Å²) in [5, 5.41) is 12.0. The van der Waals surface area contributed by atoms with Gasteiger partial charge in [-0.1, -0.05) is 23.2 Å². The second-order valence-electron chi connectivity index (χ2n) is 4.88. The largest absolute Gasteiger partial charge is 0.492 e. The molecule has 20 heavy (non-hydrogen) atoms. The Balaban J connectivity index is 1.85. The highest BCUT2D eigenvalue weighted by Crippen LogP contribution is 2.22. The van der Waals surface area contributed by atoms with Gasteiger partial charge in [-0.3, -0.25) is 4.90 Å². The molecule has 110 valence electrons. The summed E-state index contributed by atoms with van der Waals surface area (Å²) in [6.07, 6.45) is 3.89. The molecule has 5 nitrogen and oxygen atoms in total. The van der Waals surface area contributed by atoms with Crippen molar-refractivity contribution in [1.82, 2.24) is 4.90 Å². The first-order valence-corrected chi connectivity index (χ1v) is 7.21. The first-order valence-electron chi connectivity index (χ1n) is 6.83. The molecule has 0 aliphatic carbocycles. The van der Waals surface area contributed by atoms with Gasteiger partial charge in [-0.25, -0.2) is 0 Å². The van der Waals surface area contributed by atoms with Crippen molar-refractivity contribution < 1.29 is 9.94 Å². The topological polar surface area (TPSA) is 71.1 Å². The van der Waals surface area contributed by atoms with Crippen LogP contribution < -0.4 is 10.5 Å². The molecular formula is C14H20ClN3O2. The average molecular weight is 298 g/mol. The van der Waals surface area contributed by atoms with Crippen LogP contribution >= 0.6 is 11.6 Å². The summed E-state index contributed by atoms with van der Waals surface area (Å²) in [4.78, 5) is 2.41. The van der Waals surface area contributed by atoms with Gasteiger partial charge in [0, 0.05) is 12.1 Å². The standard InChI is InChI=1S/C14H20ClN3O2/c15-13-10-11(4-5-12(13)14(16)17-19)20-9-8-18-6-2-1-3-7-18/h4-5,10,19H,1-3,6-9H2,(H2,16,17). The molecule has 2 rings (SSSR count). The quantitative estimate of drug-likeness (QED) is 0.379. The van der Waals surface area contributed by atoms with Crippen LogP contribution in [0.5, 0.6) is 5.75 Å². The van der Waals surface area contributed by atoms with E-state index in [-0.39, 0.29) is 5.84 Å². The number of rotatable bonds is 5. The number of nitrogens with zero attached hydrogens (tertiary/aromatic N) is 2. The van der Waals surface area contributed by atoms with E-state index in [1.807, 2.05) is 0 Å². The van der Waals surface area contributed by atoms with E-state index in [2.05, 4.69) is 10.1 Å². The lowest BCUT2D eigenvalue weighted by Gasteiger charge is -2.26. The molecule has 1 aromatic carbocycles. The third-order valence-corrected chi connectivity index (χ3v) is 3.76. The Hall–Kier alpha value is -1.46. The van der Waals surface area contributed by atoms with Crippen molar-refractivity contribution in [2.75, 3.05) is 26.2 Å². The molecule has 1 saturated heterocycles. The van der Waals surface area contributed by atoms with Crippen LogP contribution in [0.2, 0.25) is 5.02 Å². The van der Waals surface area contributed by atoms with Crippen molar-refractivity contribution in [1.29, 1.82) is 0 Å². The zero-order valence-corrected chi connectivity index (χ0v) is 12.1. The van der Waals surface area contributed by atoms with Gasteiger partial charge in [0.2, 0.25) is 0 Å². The molecule has 0 spiro atoms. The maximum Gasteiger partial charge on any atom is 0.171 e. The zero-order chi connectivity index (χ0) is 14.4. The Labute approximate surface area is 124 Å². The molecule has 1 aliphatic rings. The van der Waals surface area contributed by atoms with Crippen LogP contribution in [0.15, 0.2) is 23.4 Å². The summed E-state index contributed by atoms with van der Waals surface area (Å²) in [5.41, 5.74) is 6.01. The van der Waals surface area contributed by atoms with Crippen LogP contribution in [0.25, 0.3) is 0 Å². The highest BCUT2D eigenvalue weighted by atomic mass is 35.5. The molecule has 1 heterocycles. The van der Waals surface area contributed by atoms with Crippen molar-refractivity contribution in [2.24, 2.45) is 10.9 Å². The Kier molecular flexibility index (Phi) is 5.49. The third-order valence-electron chi connectivity index (χ3n) is 3.45. The maximum absolute atomic E-state index is 8.64. The van der Waals surface area contributed by atoms with Gasteiger partial charge in [0.25, 0.3) is 0 Å². The summed E-state index contributed by atoms with van der Waals surface area (Å²) in [6.45, 7) is 3.89. The predicted molar refractivity (Wildman–Crippen MR) is 79.7 cm³/mol. The fourth-order valence-corrected chi connectivity index (χ4v) is 2.59. The van der Waals surface area contributed by atoms with Gasteiger partial charge in [-0.2, -0.15) is 0 Å². The fraction of sp³-hybridized carbons (Fsp3) is 0.500. The monoisotopic (exact) mass is 297 g/mol. The van der Waals surface area contributed by atoms with Crippen LogP contribution in [0.1, 0.15) is 24.8 Å². The van der Waals surface area contributed by atoms with E-state index >= 15 is 0 Å². The average Bonchev–Trinajstić information content (AvgIpc) is 2.48. The zero-order valence-electron chi connectivity index (χ0n) is 11.4. The summed E-state index contributed by atoms with van der Waals surface area (Å²) >= 11 is 6.07. The summed E-state index contributed by atoms with van der Waals surface area (Å²) in [7, 11) is 0. The Morgan fingerprint density at radius 1 is 1.35 bits per heavy atom. The van der Waals surface area contributed by atoms with Crippen LogP contribution in [0.4, 0.5) is 0 Å². The lowest BCUT2D eigenvalue weighted by atomic mass is 10.1. The number of hydrogen-bond acceptors (Lipinski definition) is 4. The van der Waals surface area contributed by atoms with Crippen LogP contribution in [-0.4, -0.2) is 42.2 Å². The second kappa shape index (κ2) is 7.36. The molecule has 0 saturated carbocycles. The number of amidine groups is 1. The van der Waals surface area contributed by atoms with E-state index in [4.69, 9.17) is 27.3 Å². The van der Waals surface area contributed by atoms with Crippen LogP contribution in [0, 0.1) is 0 Å². The highest BCUT2D eigenvalue weighted by Gasteiger charge is 2.10. The number of oxime groups is 1. The lowest BCUT2D eigenvalue weighted by molar-refractivity contribution is 0.183. The maximum atomic E-state index is 8.64. The van der Waals surface area contributed by atoms with Crippen molar-refractivity contribution in [3.63, 3.8) is 0 Å². The third kappa shape index (κ3) is 4.02. The molecule has 0 radical (unpaired) electrons. The number of likely N-dealkylation sites (tertiary alicyclic amines) is 1. The van der Waals surface area contributed by atoms with Gasteiger partial charge in [-0.15, -0.1) is 0 Å². The lowest BCUT2D eigenvalue weighted by Crippen LogP contribution is -2.33. The first kappa shape index (κ1) is 14.9. The number of benzene rings is 1. The van der Waals surface area contributed by atoms with E-state index < -0.39 is 0 Å². The fourth-order valence-electron chi connectivity index (χ4n) is 2.32. The normalized spacial score (nSPS) is 17.1. The van der Waals surface area contributed by atoms with Gasteiger partial charge in [0.15, 0.2) is 5.84 Å². The van der Waals surface area contributed by atoms with E-state index in [9.17, 15) is 0 Å². The number of halogens is 1. The van der Waals surface area contributed by atoms with Crippen molar-refractivity contribution in [3.05, 3.63) is 28.8 Å². The number of piperidine rings is 1. The van der Waals surface area contributed by atoms with Gasteiger partial charge in [-0.05, 0) is 44.1 Å². The van der Waals surface area contributed by atoms with Crippen molar-refractivity contribution in [2.45, 2.75) is 19.3 Å². The minimum Gasteiger partial charge on any atom is -0.492 e. The Morgan fingerprint density at radius 2 is 2.10 bits per heavy atom. The molecule has 6 heteroatoms. The van der Waals surface area contributed by atoms with Gasteiger partial charge >= 0.3 is 0 Å². The van der Waals surface area contributed by atoms with Crippen molar-refractivity contribution in [3.8, 4) is 5.75 Å². The summed E-state index contributed by atoms with van der Waals surface area (Å²) in [6, 6.07) is 5.15. The SMILES string of the molecule is NC(=NO)c1ccc(OCCN2CCCCC2)cc1Cl. The summed E-state index contributed by atoms with van der Waals surface area (Å²) < 4.78 is 5.69. The van der Waals surface area contributed by atoms with E-state index in [0.29, 0.717) is 22.9 Å². The molecule has 0 atom stereocenters. The number of ether oxygens (including phenoxy) is 1. The molecule has 0 amide bonds. The molecule has 1 aliphatic heterocycles. The smallest absolute Gasteiger partial charge is 0.171 e. The van der Waals surface area contributed by atoms with E-state index in [1.165, 1.54) is 19.3 Å².